The number of hydrogen-bond donors (Lipinski definition) is 2. The molecule has 2 rings (SSSR count). The first kappa shape index (κ1) is 22.1. The average molecular weight is 448 g/mol. The lowest BCUT2D eigenvalue weighted by molar-refractivity contribution is 0.480. The molecule has 14 heteroatoms. The Balaban J connectivity index is 2.08. The molecule has 0 aliphatic carbocycles. The van der Waals surface area contributed by atoms with Crippen molar-refractivity contribution in [1.82, 2.24) is 9.44 Å². The fourth-order valence-electron chi connectivity index (χ4n) is 1.95. The number of sulfonamides is 2. The Morgan fingerprint density at radius 1 is 0.536 bits per heavy atom. The van der Waals surface area contributed by atoms with Crippen LogP contribution in [0.3, 0.4) is 0 Å². The van der Waals surface area contributed by atoms with Gasteiger partial charge in [0.2, 0.25) is 20.0 Å². The third-order valence-electron chi connectivity index (χ3n) is 3.24. The van der Waals surface area contributed by atoms with E-state index < -0.39 is 77.8 Å². The number of halogens is 6. The highest BCUT2D eigenvalue weighted by Gasteiger charge is 2.24. The van der Waals surface area contributed by atoms with Crippen molar-refractivity contribution in [2.75, 3.05) is 13.1 Å². The van der Waals surface area contributed by atoms with Gasteiger partial charge in [-0.05, 0) is 12.1 Å². The number of hydrogen-bond acceptors (Lipinski definition) is 4. The van der Waals surface area contributed by atoms with Crippen LogP contribution in [0.1, 0.15) is 0 Å². The van der Waals surface area contributed by atoms with E-state index in [1.54, 1.807) is 9.44 Å². The minimum absolute atomic E-state index is 0.0124. The lowest BCUT2D eigenvalue weighted by atomic mass is 10.3. The predicted octanol–water partition coefficient (Wildman–Crippen LogP) is 1.78. The summed E-state index contributed by atoms with van der Waals surface area (Å²) in [5.74, 6) is -9.66. The van der Waals surface area contributed by atoms with E-state index in [4.69, 9.17) is 0 Å². The van der Waals surface area contributed by atoms with Crippen molar-refractivity contribution in [2.45, 2.75) is 9.79 Å². The van der Waals surface area contributed by atoms with E-state index in [1.165, 1.54) is 0 Å². The summed E-state index contributed by atoms with van der Waals surface area (Å²) in [6.07, 6.45) is 0. The van der Waals surface area contributed by atoms with Crippen LogP contribution in [0.15, 0.2) is 34.1 Å². The average Bonchev–Trinajstić information content (AvgIpc) is 2.58. The third-order valence-corrected chi connectivity index (χ3v) is 6.19. The second kappa shape index (κ2) is 8.06. The molecule has 154 valence electrons. The molecule has 28 heavy (non-hydrogen) atoms. The van der Waals surface area contributed by atoms with Crippen LogP contribution in [0.5, 0.6) is 0 Å². The van der Waals surface area contributed by atoms with E-state index in [2.05, 4.69) is 0 Å². The van der Waals surface area contributed by atoms with Crippen molar-refractivity contribution < 1.29 is 43.2 Å². The zero-order chi connectivity index (χ0) is 21.3. The molecule has 6 nitrogen and oxygen atoms in total. The van der Waals surface area contributed by atoms with Gasteiger partial charge in [0.1, 0.15) is 21.4 Å². The Hall–Kier alpha value is -2.16. The number of benzene rings is 2. The van der Waals surface area contributed by atoms with Gasteiger partial charge in [-0.1, -0.05) is 0 Å². The molecule has 2 N–H and O–H groups in total. The fraction of sp³-hybridized carbons (Fsp3) is 0.143. The Morgan fingerprint density at radius 3 is 1.14 bits per heavy atom. The van der Waals surface area contributed by atoms with Gasteiger partial charge < -0.3 is 0 Å². The van der Waals surface area contributed by atoms with E-state index in [0.717, 1.165) is 0 Å². The van der Waals surface area contributed by atoms with Crippen LogP contribution in [0, 0.1) is 34.9 Å². The van der Waals surface area contributed by atoms with Crippen LogP contribution in [0.25, 0.3) is 0 Å². The number of rotatable bonds is 7. The molecule has 0 saturated heterocycles. The van der Waals surface area contributed by atoms with Crippen LogP contribution in [-0.2, 0) is 20.0 Å². The zero-order valence-corrected chi connectivity index (χ0v) is 15.1. The lowest BCUT2D eigenvalue weighted by Gasteiger charge is -2.10. The van der Waals surface area contributed by atoms with E-state index in [9.17, 15) is 43.2 Å². The second-order valence-electron chi connectivity index (χ2n) is 5.19. The first-order valence-electron chi connectivity index (χ1n) is 7.13. The smallest absolute Gasteiger partial charge is 0.210 e. The molecule has 0 spiro atoms. The van der Waals surface area contributed by atoms with Crippen LogP contribution in [0.2, 0.25) is 0 Å². The summed E-state index contributed by atoms with van der Waals surface area (Å²) in [5, 5.41) is 0. The minimum atomic E-state index is -4.68. The summed E-state index contributed by atoms with van der Waals surface area (Å²) in [6, 6.07) is 0.207. The summed E-state index contributed by atoms with van der Waals surface area (Å²) >= 11 is 0. The first-order chi connectivity index (χ1) is 12.8. The summed E-state index contributed by atoms with van der Waals surface area (Å²) in [4.78, 5) is -2.44. The van der Waals surface area contributed by atoms with Gasteiger partial charge in [-0.3, -0.25) is 0 Å². The largest absolute Gasteiger partial charge is 0.243 e. The molecule has 0 radical (unpaired) electrons. The van der Waals surface area contributed by atoms with E-state index in [-0.39, 0.29) is 24.3 Å². The molecule has 0 amide bonds. The topological polar surface area (TPSA) is 92.3 Å². The van der Waals surface area contributed by atoms with Gasteiger partial charge in [-0.25, -0.2) is 52.6 Å². The van der Waals surface area contributed by atoms with Crippen LogP contribution < -0.4 is 9.44 Å². The van der Waals surface area contributed by atoms with Gasteiger partial charge >= 0.3 is 0 Å². The molecule has 2 aromatic rings. The molecule has 0 aliphatic heterocycles. The van der Waals surface area contributed by atoms with Gasteiger partial charge in [0.05, 0.1) is 0 Å². The van der Waals surface area contributed by atoms with Crippen molar-refractivity contribution in [3.05, 3.63) is 59.2 Å². The van der Waals surface area contributed by atoms with Crippen molar-refractivity contribution in [3.63, 3.8) is 0 Å². The van der Waals surface area contributed by atoms with Crippen molar-refractivity contribution in [2.24, 2.45) is 0 Å². The van der Waals surface area contributed by atoms with Crippen molar-refractivity contribution >= 4 is 20.0 Å². The Bertz CT molecular complexity index is 1030. The maximum Gasteiger partial charge on any atom is 0.243 e. The number of nitrogens with one attached hydrogen (secondary N) is 2. The minimum Gasteiger partial charge on any atom is -0.210 e. The highest BCUT2D eigenvalue weighted by atomic mass is 32.2. The Labute approximate surface area is 155 Å². The first-order valence-corrected chi connectivity index (χ1v) is 10.1. The lowest BCUT2D eigenvalue weighted by Crippen LogP contribution is -2.35. The maximum atomic E-state index is 13.5. The third kappa shape index (κ3) is 4.81. The van der Waals surface area contributed by atoms with Crippen LogP contribution in [0.4, 0.5) is 26.3 Å². The maximum absolute atomic E-state index is 13.5. The highest BCUT2D eigenvalue weighted by Crippen LogP contribution is 2.19. The van der Waals surface area contributed by atoms with E-state index in [1.807, 2.05) is 0 Å². The highest BCUT2D eigenvalue weighted by molar-refractivity contribution is 7.90. The van der Waals surface area contributed by atoms with Crippen molar-refractivity contribution in [1.29, 1.82) is 0 Å². The second-order valence-corrected chi connectivity index (χ2v) is 8.66. The predicted molar refractivity (Wildman–Crippen MR) is 83.0 cm³/mol. The molecule has 0 atom stereocenters. The summed E-state index contributed by atoms with van der Waals surface area (Å²) in [5.41, 5.74) is 0. The van der Waals surface area contributed by atoms with Crippen LogP contribution in [-0.4, -0.2) is 29.9 Å². The quantitative estimate of drug-likeness (QED) is 0.384. The molecule has 0 aromatic heterocycles. The molecular weight excluding hydrogens is 438 g/mol. The van der Waals surface area contributed by atoms with E-state index in [0.29, 0.717) is 0 Å². The fourth-order valence-corrected chi connectivity index (χ4v) is 4.15. The Kier molecular flexibility index (Phi) is 6.37. The van der Waals surface area contributed by atoms with Gasteiger partial charge in [0.25, 0.3) is 0 Å². The van der Waals surface area contributed by atoms with Gasteiger partial charge in [0.15, 0.2) is 23.3 Å². The zero-order valence-electron chi connectivity index (χ0n) is 13.4. The van der Waals surface area contributed by atoms with Crippen molar-refractivity contribution in [3.8, 4) is 0 Å². The SMILES string of the molecule is O=S(=O)(NCCNS(=O)(=O)c1cc(F)c(F)cc1F)c1cc(F)c(F)cc1F. The molecule has 0 fully saturated rings. The molecule has 0 aliphatic rings. The summed E-state index contributed by atoms with van der Waals surface area (Å²) in [7, 11) is -9.37. The Morgan fingerprint density at radius 2 is 0.821 bits per heavy atom. The molecule has 0 heterocycles. The standard InChI is InChI=1S/C14H10F6N2O4S2/c15-7-3-11(19)13(5-9(7)17)27(23,24)21-1-2-22-28(25,26)14-6-10(18)8(16)4-12(14)20/h3-6,21-22H,1-2H2. The van der Waals surface area contributed by atoms with E-state index >= 15 is 0 Å². The molecular formula is C14H10F6N2O4S2. The summed E-state index contributed by atoms with van der Waals surface area (Å²) < 4.78 is 130. The van der Waals surface area contributed by atoms with Gasteiger partial charge in [-0.15, -0.1) is 0 Å². The molecule has 0 bridgehead atoms. The van der Waals surface area contributed by atoms with Gasteiger partial charge in [-0.2, -0.15) is 0 Å². The van der Waals surface area contributed by atoms with Crippen LogP contribution >= 0.6 is 0 Å². The van der Waals surface area contributed by atoms with Gasteiger partial charge in [0, 0.05) is 25.2 Å². The summed E-state index contributed by atoms with van der Waals surface area (Å²) in [6.45, 7) is -1.43. The normalized spacial score (nSPS) is 12.4. The monoisotopic (exact) mass is 448 g/mol. The molecule has 2 aromatic carbocycles. The molecule has 0 unspecified atom stereocenters. The molecule has 0 saturated carbocycles.